The minimum absolute atomic E-state index is 0.0546. The molecule has 0 unspecified atom stereocenters. The van der Waals surface area contributed by atoms with Gasteiger partial charge >= 0.3 is 5.97 Å². The van der Waals surface area contributed by atoms with E-state index in [-0.39, 0.29) is 5.11 Å². The van der Waals surface area contributed by atoms with Gasteiger partial charge in [0.05, 0.1) is 11.8 Å². The molecule has 3 N–H and O–H groups in total. The molecule has 0 heterocycles. The molecule has 112 valence electrons. The van der Waals surface area contributed by atoms with Crippen LogP contribution in [0.1, 0.15) is 15.9 Å². The van der Waals surface area contributed by atoms with Gasteiger partial charge in [0.15, 0.2) is 5.11 Å². The van der Waals surface area contributed by atoms with Crippen LogP contribution in [-0.4, -0.2) is 17.3 Å². The van der Waals surface area contributed by atoms with Crippen molar-refractivity contribution in [2.24, 2.45) is 10.8 Å². The molecular weight excluding hydrogens is 366 g/mol. The van der Waals surface area contributed by atoms with Crippen molar-refractivity contribution in [3.63, 3.8) is 0 Å². The molecule has 2 aromatic carbocycles. The number of nitrogens with zero attached hydrogens (tertiary/aromatic N) is 1. The molecular formula is C15H12BrN3O2S. The molecule has 7 heteroatoms. The van der Waals surface area contributed by atoms with Gasteiger partial charge in [-0.05, 0) is 52.4 Å². The molecule has 22 heavy (non-hydrogen) atoms. The second kappa shape index (κ2) is 7.67. The largest absolute Gasteiger partial charge is 0.422 e. The van der Waals surface area contributed by atoms with E-state index >= 15 is 0 Å². The molecule has 0 aliphatic rings. The fourth-order valence-corrected chi connectivity index (χ4v) is 2.13. The fraction of sp³-hybridized carbons (Fsp3) is 0. The summed E-state index contributed by atoms with van der Waals surface area (Å²) in [5, 5.41) is 3.91. The van der Waals surface area contributed by atoms with Crippen molar-refractivity contribution in [3.8, 4) is 5.75 Å². The van der Waals surface area contributed by atoms with Gasteiger partial charge in [-0.1, -0.05) is 24.3 Å². The Kier molecular flexibility index (Phi) is 5.62. The fourth-order valence-electron chi connectivity index (χ4n) is 1.63. The van der Waals surface area contributed by atoms with Crippen LogP contribution in [-0.2, 0) is 0 Å². The first kappa shape index (κ1) is 16.1. The van der Waals surface area contributed by atoms with Gasteiger partial charge in [0, 0.05) is 10.0 Å². The highest BCUT2D eigenvalue weighted by atomic mass is 79.9. The maximum absolute atomic E-state index is 12.2. The summed E-state index contributed by atoms with van der Waals surface area (Å²) >= 11 is 7.98. The quantitative estimate of drug-likeness (QED) is 0.281. The van der Waals surface area contributed by atoms with Crippen molar-refractivity contribution in [2.75, 3.05) is 0 Å². The maximum Gasteiger partial charge on any atom is 0.344 e. The summed E-state index contributed by atoms with van der Waals surface area (Å²) in [5.41, 5.74) is 8.79. The van der Waals surface area contributed by atoms with Crippen LogP contribution in [0.2, 0.25) is 0 Å². The number of nitrogens with two attached hydrogens (primary N) is 1. The van der Waals surface area contributed by atoms with E-state index in [1.807, 2.05) is 6.07 Å². The van der Waals surface area contributed by atoms with Crippen molar-refractivity contribution < 1.29 is 9.53 Å². The third kappa shape index (κ3) is 4.37. The van der Waals surface area contributed by atoms with Crippen LogP contribution in [0.25, 0.3) is 0 Å². The molecule has 0 atom stereocenters. The number of thiocarbonyl (C=S) groups is 1. The van der Waals surface area contributed by atoms with E-state index < -0.39 is 5.97 Å². The molecule has 0 amide bonds. The molecule has 0 fully saturated rings. The Hall–Kier alpha value is -2.25. The Morgan fingerprint density at radius 1 is 1.23 bits per heavy atom. The van der Waals surface area contributed by atoms with Crippen LogP contribution in [0.3, 0.4) is 0 Å². The van der Waals surface area contributed by atoms with Crippen LogP contribution in [0.5, 0.6) is 5.75 Å². The molecule has 0 saturated heterocycles. The number of rotatable bonds is 4. The number of carbonyl (C=O) groups excluding carboxylic acids is 1. The second-order valence-electron chi connectivity index (χ2n) is 4.14. The van der Waals surface area contributed by atoms with Crippen molar-refractivity contribution >= 4 is 45.4 Å². The minimum Gasteiger partial charge on any atom is -0.422 e. The maximum atomic E-state index is 12.2. The Labute approximate surface area is 141 Å². The topological polar surface area (TPSA) is 76.7 Å². The standard InChI is InChI=1S/C15H12BrN3O2S/c16-12-7-3-2-6-11(12)14(20)21-13-8-4-1-5-10(13)9-18-19-15(17)22/h1-9H,(H3,17,19,22)/b18-9-. The Bertz CT molecular complexity index is 734. The minimum atomic E-state index is -0.462. The van der Waals surface area contributed by atoms with E-state index in [2.05, 4.69) is 38.7 Å². The van der Waals surface area contributed by atoms with Crippen molar-refractivity contribution in [1.82, 2.24) is 5.43 Å². The van der Waals surface area contributed by atoms with Crippen molar-refractivity contribution in [2.45, 2.75) is 0 Å². The average Bonchev–Trinajstić information content (AvgIpc) is 2.49. The molecule has 0 bridgehead atoms. The number of ether oxygens (including phenoxy) is 1. The lowest BCUT2D eigenvalue weighted by Gasteiger charge is -2.08. The average molecular weight is 378 g/mol. The van der Waals surface area contributed by atoms with E-state index in [0.717, 1.165) is 0 Å². The number of hydrazone groups is 1. The van der Waals surface area contributed by atoms with E-state index in [1.54, 1.807) is 42.5 Å². The highest BCUT2D eigenvalue weighted by molar-refractivity contribution is 9.10. The summed E-state index contributed by atoms with van der Waals surface area (Å²) in [6.07, 6.45) is 1.47. The zero-order chi connectivity index (χ0) is 15.9. The van der Waals surface area contributed by atoms with Crippen LogP contribution in [0.15, 0.2) is 58.1 Å². The van der Waals surface area contributed by atoms with Crippen LogP contribution in [0, 0.1) is 0 Å². The summed E-state index contributed by atoms with van der Waals surface area (Å²) in [4.78, 5) is 12.2. The number of benzene rings is 2. The summed E-state index contributed by atoms with van der Waals surface area (Å²) in [5.74, 6) is -0.0765. The highest BCUT2D eigenvalue weighted by Gasteiger charge is 2.13. The molecule has 2 aromatic rings. The summed E-state index contributed by atoms with van der Waals surface area (Å²) < 4.78 is 6.09. The van der Waals surface area contributed by atoms with Crippen LogP contribution in [0.4, 0.5) is 0 Å². The number of hydrogen-bond acceptors (Lipinski definition) is 4. The number of esters is 1. The van der Waals surface area contributed by atoms with Crippen LogP contribution >= 0.6 is 28.1 Å². The van der Waals surface area contributed by atoms with E-state index in [1.165, 1.54) is 6.21 Å². The van der Waals surface area contributed by atoms with E-state index in [4.69, 9.17) is 10.5 Å². The summed E-state index contributed by atoms with van der Waals surface area (Å²) in [6, 6.07) is 14.0. The van der Waals surface area contributed by atoms with Crippen LogP contribution < -0.4 is 15.9 Å². The summed E-state index contributed by atoms with van der Waals surface area (Å²) in [7, 11) is 0. The van der Waals surface area contributed by atoms with Gasteiger partial charge in [-0.15, -0.1) is 0 Å². The molecule has 0 aromatic heterocycles. The lowest BCUT2D eigenvalue weighted by molar-refractivity contribution is 0.0733. The predicted octanol–water partition coefficient (Wildman–Crippen LogP) is 2.84. The summed E-state index contributed by atoms with van der Waals surface area (Å²) in [6.45, 7) is 0. The molecule has 0 aliphatic carbocycles. The third-order valence-electron chi connectivity index (χ3n) is 2.59. The molecule has 2 rings (SSSR count). The third-order valence-corrected chi connectivity index (χ3v) is 3.38. The molecule has 0 spiro atoms. The number of hydrogen-bond donors (Lipinski definition) is 2. The van der Waals surface area contributed by atoms with Crippen molar-refractivity contribution in [3.05, 3.63) is 64.1 Å². The predicted molar refractivity (Wildman–Crippen MR) is 93.1 cm³/mol. The van der Waals surface area contributed by atoms with Crippen molar-refractivity contribution in [1.29, 1.82) is 0 Å². The smallest absolute Gasteiger partial charge is 0.344 e. The zero-order valence-electron chi connectivity index (χ0n) is 11.3. The molecule has 0 radical (unpaired) electrons. The highest BCUT2D eigenvalue weighted by Crippen LogP contribution is 2.21. The van der Waals surface area contributed by atoms with E-state index in [9.17, 15) is 4.79 Å². The number of para-hydroxylation sites is 1. The number of carbonyl (C=O) groups is 1. The van der Waals surface area contributed by atoms with Gasteiger partial charge in [0.2, 0.25) is 0 Å². The van der Waals surface area contributed by atoms with E-state index in [0.29, 0.717) is 21.3 Å². The lowest BCUT2D eigenvalue weighted by atomic mass is 10.2. The molecule has 0 saturated carbocycles. The molecule has 0 aliphatic heterocycles. The van der Waals surface area contributed by atoms with Gasteiger partial charge in [-0.3, -0.25) is 5.43 Å². The SMILES string of the molecule is NC(=S)N/N=C\c1ccccc1OC(=O)c1ccccc1Br. The lowest BCUT2D eigenvalue weighted by Crippen LogP contribution is -2.24. The van der Waals surface area contributed by atoms with Gasteiger partial charge in [-0.25, -0.2) is 4.79 Å². The zero-order valence-corrected chi connectivity index (χ0v) is 13.7. The Morgan fingerprint density at radius 3 is 2.64 bits per heavy atom. The number of nitrogens with one attached hydrogen (secondary N) is 1. The van der Waals surface area contributed by atoms with Gasteiger partial charge < -0.3 is 10.5 Å². The monoisotopic (exact) mass is 377 g/mol. The molecule has 5 nitrogen and oxygen atoms in total. The first-order chi connectivity index (χ1) is 10.6. The first-order valence-electron chi connectivity index (χ1n) is 6.22. The van der Waals surface area contributed by atoms with Gasteiger partial charge in [-0.2, -0.15) is 5.10 Å². The first-order valence-corrected chi connectivity index (χ1v) is 7.42. The second-order valence-corrected chi connectivity index (χ2v) is 5.44. The Morgan fingerprint density at radius 2 is 1.91 bits per heavy atom. The number of halogens is 1. The normalized spacial score (nSPS) is 10.4. The van der Waals surface area contributed by atoms with Gasteiger partial charge in [0.1, 0.15) is 5.75 Å². The van der Waals surface area contributed by atoms with Gasteiger partial charge in [0.25, 0.3) is 0 Å². The Balaban J connectivity index is 2.19.